The molecule has 0 fully saturated rings. The second-order valence-corrected chi connectivity index (χ2v) is 6.26. The van der Waals surface area contributed by atoms with Gasteiger partial charge in [0, 0.05) is 12.2 Å². The lowest BCUT2D eigenvalue weighted by molar-refractivity contribution is -0.138. The number of nitrogens with one attached hydrogen (secondary N) is 2. The molecule has 0 atom stereocenters. The molecule has 0 unspecified atom stereocenters. The van der Waals surface area contributed by atoms with Crippen LogP contribution in [0.2, 0.25) is 0 Å². The number of aryl methyl sites for hydroxylation is 1. The van der Waals surface area contributed by atoms with Gasteiger partial charge in [-0.1, -0.05) is 55.5 Å². The van der Waals surface area contributed by atoms with Crippen molar-refractivity contribution in [2.24, 2.45) is 5.41 Å². The molecule has 24 heavy (non-hydrogen) atoms. The Balaban J connectivity index is 2.02. The maximum atomic E-state index is 12.6. The minimum absolute atomic E-state index is 0.294. The molecule has 0 aliphatic carbocycles. The predicted octanol–water partition coefficient (Wildman–Crippen LogP) is 3.53. The van der Waals surface area contributed by atoms with Crippen molar-refractivity contribution in [1.82, 2.24) is 5.32 Å². The average molecular weight is 324 g/mol. The van der Waals surface area contributed by atoms with Gasteiger partial charge in [0.05, 0.1) is 0 Å². The fourth-order valence-corrected chi connectivity index (χ4v) is 2.33. The van der Waals surface area contributed by atoms with Crippen molar-refractivity contribution in [3.05, 3.63) is 65.7 Å². The van der Waals surface area contributed by atoms with Crippen LogP contribution in [0.4, 0.5) is 5.69 Å². The molecule has 2 aromatic carbocycles. The molecule has 0 saturated heterocycles. The third kappa shape index (κ3) is 4.22. The summed E-state index contributed by atoms with van der Waals surface area (Å²) in [5.41, 5.74) is 1.65. The normalized spacial score (nSPS) is 11.0. The van der Waals surface area contributed by atoms with E-state index in [-0.39, 0.29) is 11.8 Å². The quantitative estimate of drug-likeness (QED) is 0.799. The molecule has 0 radical (unpaired) electrons. The maximum Gasteiger partial charge on any atom is 0.239 e. The summed E-state index contributed by atoms with van der Waals surface area (Å²) in [6.45, 7) is 5.71. The molecule has 0 spiro atoms. The van der Waals surface area contributed by atoms with Crippen molar-refractivity contribution in [3.8, 4) is 0 Å². The number of benzene rings is 2. The van der Waals surface area contributed by atoms with E-state index in [2.05, 4.69) is 10.6 Å². The molecule has 0 aromatic heterocycles. The molecule has 0 aliphatic heterocycles. The van der Waals surface area contributed by atoms with Crippen LogP contribution in [-0.4, -0.2) is 11.8 Å². The Bertz CT molecular complexity index is 709. The second-order valence-electron chi connectivity index (χ2n) is 6.26. The molecule has 4 heteroatoms. The smallest absolute Gasteiger partial charge is 0.239 e. The Hall–Kier alpha value is -2.62. The van der Waals surface area contributed by atoms with Crippen LogP contribution in [0.5, 0.6) is 0 Å². The lowest BCUT2D eigenvalue weighted by Gasteiger charge is -2.23. The van der Waals surface area contributed by atoms with Crippen LogP contribution in [0.25, 0.3) is 0 Å². The van der Waals surface area contributed by atoms with Crippen LogP contribution >= 0.6 is 0 Å². The average Bonchev–Trinajstić information content (AvgIpc) is 2.60. The number of amides is 2. The molecular formula is C20H24N2O2. The largest absolute Gasteiger partial charge is 0.351 e. The third-order valence-electron chi connectivity index (χ3n) is 4.08. The summed E-state index contributed by atoms with van der Waals surface area (Å²) >= 11 is 0. The molecule has 4 nitrogen and oxygen atoms in total. The van der Waals surface area contributed by atoms with Gasteiger partial charge in [0.25, 0.3) is 0 Å². The monoisotopic (exact) mass is 324 g/mol. The Morgan fingerprint density at radius 1 is 0.917 bits per heavy atom. The van der Waals surface area contributed by atoms with Gasteiger partial charge in [0.2, 0.25) is 11.8 Å². The summed E-state index contributed by atoms with van der Waals surface area (Å²) in [4.78, 5) is 25.0. The van der Waals surface area contributed by atoms with Crippen LogP contribution in [-0.2, 0) is 22.6 Å². The van der Waals surface area contributed by atoms with E-state index >= 15 is 0 Å². The van der Waals surface area contributed by atoms with Gasteiger partial charge in [-0.25, -0.2) is 0 Å². The lowest BCUT2D eigenvalue weighted by Crippen LogP contribution is -2.45. The van der Waals surface area contributed by atoms with Crippen LogP contribution in [0.3, 0.4) is 0 Å². The standard InChI is InChI=1S/C20H24N2O2/c1-4-16-12-8-9-13-17(16)22-19(24)20(2,3)18(23)21-14-15-10-6-5-7-11-15/h5-13H,4,14H2,1-3H3,(H,21,23)(H,22,24). The first-order chi connectivity index (χ1) is 11.4. The first-order valence-electron chi connectivity index (χ1n) is 8.16. The van der Waals surface area contributed by atoms with Gasteiger partial charge < -0.3 is 10.6 Å². The Morgan fingerprint density at radius 2 is 1.54 bits per heavy atom. The van der Waals surface area contributed by atoms with E-state index in [1.165, 1.54) is 0 Å². The molecule has 0 saturated carbocycles. The number of rotatable bonds is 6. The summed E-state index contributed by atoms with van der Waals surface area (Å²) in [5.74, 6) is -0.605. The number of hydrogen-bond acceptors (Lipinski definition) is 2. The molecular weight excluding hydrogens is 300 g/mol. The van der Waals surface area contributed by atoms with Gasteiger partial charge in [0.15, 0.2) is 0 Å². The Morgan fingerprint density at radius 3 is 2.21 bits per heavy atom. The fraction of sp³-hybridized carbons (Fsp3) is 0.300. The van der Waals surface area contributed by atoms with E-state index in [1.807, 2.05) is 61.5 Å². The molecule has 0 bridgehead atoms. The zero-order chi connectivity index (χ0) is 17.6. The van der Waals surface area contributed by atoms with Crippen LogP contribution in [0.15, 0.2) is 54.6 Å². The lowest BCUT2D eigenvalue weighted by atomic mass is 9.90. The highest BCUT2D eigenvalue weighted by Gasteiger charge is 2.36. The predicted molar refractivity (Wildman–Crippen MR) is 96.5 cm³/mol. The highest BCUT2D eigenvalue weighted by Crippen LogP contribution is 2.22. The van der Waals surface area contributed by atoms with E-state index in [4.69, 9.17) is 0 Å². The van der Waals surface area contributed by atoms with Crippen molar-refractivity contribution in [2.45, 2.75) is 33.7 Å². The third-order valence-corrected chi connectivity index (χ3v) is 4.08. The molecule has 0 heterocycles. The fourth-order valence-electron chi connectivity index (χ4n) is 2.33. The number of carbonyl (C=O) groups is 2. The number of anilines is 1. The van der Waals surface area contributed by atoms with Gasteiger partial charge in [-0.2, -0.15) is 0 Å². The molecule has 0 aliphatic rings. The van der Waals surface area contributed by atoms with Gasteiger partial charge in [-0.15, -0.1) is 0 Å². The highest BCUT2D eigenvalue weighted by molar-refractivity contribution is 6.10. The zero-order valence-electron chi connectivity index (χ0n) is 14.4. The second kappa shape index (κ2) is 7.77. The van der Waals surface area contributed by atoms with Gasteiger partial charge in [0.1, 0.15) is 5.41 Å². The van der Waals surface area contributed by atoms with E-state index < -0.39 is 5.41 Å². The first kappa shape index (κ1) is 17.7. The van der Waals surface area contributed by atoms with Gasteiger partial charge in [-0.05, 0) is 37.5 Å². The zero-order valence-corrected chi connectivity index (χ0v) is 14.4. The van der Waals surface area contributed by atoms with Gasteiger partial charge in [-0.3, -0.25) is 9.59 Å². The van der Waals surface area contributed by atoms with Gasteiger partial charge >= 0.3 is 0 Å². The molecule has 2 aromatic rings. The molecule has 2 rings (SSSR count). The van der Waals surface area contributed by atoms with E-state index in [0.717, 1.165) is 23.2 Å². The first-order valence-corrected chi connectivity index (χ1v) is 8.16. The number of carbonyl (C=O) groups excluding carboxylic acids is 2. The summed E-state index contributed by atoms with van der Waals surface area (Å²) < 4.78 is 0. The summed E-state index contributed by atoms with van der Waals surface area (Å²) in [6.07, 6.45) is 0.817. The van der Waals surface area contributed by atoms with Crippen molar-refractivity contribution in [2.75, 3.05) is 5.32 Å². The maximum absolute atomic E-state index is 12.6. The number of para-hydroxylation sites is 1. The van der Waals surface area contributed by atoms with Crippen LogP contribution in [0.1, 0.15) is 31.9 Å². The van der Waals surface area contributed by atoms with Crippen molar-refractivity contribution in [1.29, 1.82) is 0 Å². The van der Waals surface area contributed by atoms with Crippen LogP contribution in [0, 0.1) is 5.41 Å². The molecule has 2 N–H and O–H groups in total. The number of hydrogen-bond donors (Lipinski definition) is 2. The van der Waals surface area contributed by atoms with Crippen molar-refractivity contribution >= 4 is 17.5 Å². The highest BCUT2D eigenvalue weighted by atomic mass is 16.2. The molecule has 126 valence electrons. The van der Waals surface area contributed by atoms with E-state index in [9.17, 15) is 9.59 Å². The van der Waals surface area contributed by atoms with Crippen LogP contribution < -0.4 is 10.6 Å². The Labute approximate surface area is 143 Å². The summed E-state index contributed by atoms with van der Waals surface area (Å²) in [7, 11) is 0. The molecule has 2 amide bonds. The summed E-state index contributed by atoms with van der Waals surface area (Å²) in [5, 5.41) is 5.72. The topological polar surface area (TPSA) is 58.2 Å². The minimum Gasteiger partial charge on any atom is -0.351 e. The van der Waals surface area contributed by atoms with E-state index in [1.54, 1.807) is 13.8 Å². The Kier molecular flexibility index (Phi) is 5.74. The van der Waals surface area contributed by atoms with E-state index in [0.29, 0.717) is 6.54 Å². The minimum atomic E-state index is -1.16. The van der Waals surface area contributed by atoms with Crippen molar-refractivity contribution in [3.63, 3.8) is 0 Å². The van der Waals surface area contributed by atoms with Crippen molar-refractivity contribution < 1.29 is 9.59 Å². The summed E-state index contributed by atoms with van der Waals surface area (Å²) in [6, 6.07) is 17.3. The SMILES string of the molecule is CCc1ccccc1NC(=O)C(C)(C)C(=O)NCc1ccccc1.